The van der Waals surface area contributed by atoms with Crippen LogP contribution in [0, 0.1) is 15.9 Å². The molecule has 0 unspecified atom stereocenters. The van der Waals surface area contributed by atoms with Crippen molar-refractivity contribution in [3.63, 3.8) is 0 Å². The smallest absolute Gasteiger partial charge is 0.284 e. The fourth-order valence-corrected chi connectivity index (χ4v) is 3.63. The van der Waals surface area contributed by atoms with Crippen LogP contribution in [0.5, 0.6) is 0 Å². The Kier molecular flexibility index (Phi) is 6.14. The fraction of sp³-hybridized carbons (Fsp3) is 0.167. The third kappa shape index (κ3) is 4.54. The molecule has 0 atom stereocenters. The summed E-state index contributed by atoms with van der Waals surface area (Å²) in [5.74, 6) is -1.03. The van der Waals surface area contributed by atoms with E-state index in [1.165, 1.54) is 54.7 Å². The largest absolute Gasteiger partial charge is 0.337 e. The average molecular weight is 436 g/mol. The number of hydrogen-bond donors (Lipinski definition) is 0. The Labute approximate surface area is 174 Å². The molecule has 0 aliphatic heterocycles. The van der Waals surface area contributed by atoms with Crippen LogP contribution in [0.3, 0.4) is 0 Å². The van der Waals surface area contributed by atoms with Crippen molar-refractivity contribution in [1.82, 2.24) is 19.7 Å². The highest BCUT2D eigenvalue weighted by molar-refractivity contribution is 7.99. The van der Waals surface area contributed by atoms with E-state index in [4.69, 9.17) is 11.6 Å². The molecule has 0 radical (unpaired) electrons. The Morgan fingerprint density at radius 3 is 2.76 bits per heavy atom. The van der Waals surface area contributed by atoms with Crippen molar-refractivity contribution in [3.05, 3.63) is 74.8 Å². The lowest BCUT2D eigenvalue weighted by Crippen LogP contribution is -2.27. The summed E-state index contributed by atoms with van der Waals surface area (Å²) in [4.78, 5) is 25.3. The van der Waals surface area contributed by atoms with Crippen LogP contribution < -0.4 is 0 Å². The van der Waals surface area contributed by atoms with Crippen LogP contribution >= 0.6 is 23.4 Å². The topological polar surface area (TPSA) is 94.2 Å². The Balaban J connectivity index is 1.86. The van der Waals surface area contributed by atoms with Gasteiger partial charge in [-0.2, -0.15) is 0 Å². The first-order valence-electron chi connectivity index (χ1n) is 8.26. The van der Waals surface area contributed by atoms with Crippen LogP contribution in [-0.4, -0.2) is 37.5 Å². The molecule has 1 aromatic heterocycles. The van der Waals surface area contributed by atoms with Gasteiger partial charge < -0.3 is 9.47 Å². The first kappa shape index (κ1) is 20.7. The molecule has 8 nitrogen and oxygen atoms in total. The summed E-state index contributed by atoms with van der Waals surface area (Å²) in [7, 11) is 3.19. The zero-order valence-corrected chi connectivity index (χ0v) is 16.9. The van der Waals surface area contributed by atoms with Gasteiger partial charge in [-0.15, -0.1) is 10.2 Å². The zero-order chi connectivity index (χ0) is 21.1. The van der Waals surface area contributed by atoms with Gasteiger partial charge in [0.1, 0.15) is 12.1 Å². The van der Waals surface area contributed by atoms with Gasteiger partial charge >= 0.3 is 0 Å². The lowest BCUT2D eigenvalue weighted by Gasteiger charge is -2.18. The van der Waals surface area contributed by atoms with Gasteiger partial charge in [0.25, 0.3) is 11.6 Å². The minimum absolute atomic E-state index is 0.0758. The molecule has 150 valence electrons. The molecule has 11 heteroatoms. The number of nitro benzene ring substituents is 1. The minimum atomic E-state index is -0.566. The molecule has 2 aromatic carbocycles. The van der Waals surface area contributed by atoms with Gasteiger partial charge in [-0.1, -0.05) is 17.7 Å². The second-order valence-electron chi connectivity index (χ2n) is 6.13. The SMILES string of the molecule is CN(Cc1c(F)cccc1Cl)C(=O)c1ccc(Sc2nncn2C)c([N+](=O)[O-])c1. The van der Waals surface area contributed by atoms with Gasteiger partial charge in [-0.3, -0.25) is 14.9 Å². The normalized spacial score (nSPS) is 10.8. The van der Waals surface area contributed by atoms with Crippen molar-refractivity contribution >= 4 is 35.0 Å². The molecule has 0 fully saturated rings. The van der Waals surface area contributed by atoms with E-state index in [0.717, 1.165) is 11.8 Å². The molecule has 3 aromatic rings. The average Bonchev–Trinajstić information content (AvgIpc) is 3.08. The first-order valence-corrected chi connectivity index (χ1v) is 9.46. The highest BCUT2D eigenvalue weighted by Crippen LogP contribution is 2.34. The van der Waals surface area contributed by atoms with Gasteiger partial charge in [0, 0.05) is 42.9 Å². The third-order valence-electron chi connectivity index (χ3n) is 4.08. The third-order valence-corrected chi connectivity index (χ3v) is 5.55. The first-order chi connectivity index (χ1) is 13.8. The quantitative estimate of drug-likeness (QED) is 0.430. The number of aryl methyl sites for hydroxylation is 1. The number of halogens is 2. The van der Waals surface area contributed by atoms with E-state index in [9.17, 15) is 19.3 Å². The van der Waals surface area contributed by atoms with Crippen LogP contribution in [0.4, 0.5) is 10.1 Å². The number of nitrogens with zero attached hydrogens (tertiary/aromatic N) is 5. The van der Waals surface area contributed by atoms with E-state index in [0.29, 0.717) is 10.1 Å². The standard InChI is InChI=1S/C18H15ClFN5O3S/c1-23(9-12-13(19)4-3-5-14(12)20)17(26)11-6-7-16(15(8-11)25(27)28)29-18-22-21-10-24(18)2/h3-8,10H,9H2,1-2H3. The summed E-state index contributed by atoms with van der Waals surface area (Å²) in [6.07, 6.45) is 1.48. The van der Waals surface area contributed by atoms with E-state index >= 15 is 0 Å². The van der Waals surface area contributed by atoms with Crippen LogP contribution in [0.1, 0.15) is 15.9 Å². The number of carbonyl (C=O) groups is 1. The summed E-state index contributed by atoms with van der Waals surface area (Å²) in [5.41, 5.74) is 0.0455. The lowest BCUT2D eigenvalue weighted by atomic mass is 10.1. The summed E-state index contributed by atoms with van der Waals surface area (Å²) < 4.78 is 15.6. The Bertz CT molecular complexity index is 1070. The molecule has 3 rings (SSSR count). The molecule has 0 aliphatic rings. The van der Waals surface area contributed by atoms with E-state index in [-0.39, 0.29) is 28.4 Å². The van der Waals surface area contributed by atoms with Crippen molar-refractivity contribution in [2.75, 3.05) is 7.05 Å². The van der Waals surface area contributed by atoms with Crippen LogP contribution in [0.2, 0.25) is 5.02 Å². The van der Waals surface area contributed by atoms with Gasteiger partial charge in [0.15, 0.2) is 5.16 Å². The molecule has 0 aliphatic carbocycles. The van der Waals surface area contributed by atoms with E-state index in [1.54, 1.807) is 11.6 Å². The predicted molar refractivity (Wildman–Crippen MR) is 105 cm³/mol. The number of rotatable bonds is 6. The monoisotopic (exact) mass is 435 g/mol. The minimum Gasteiger partial charge on any atom is -0.337 e. The number of hydrogen-bond acceptors (Lipinski definition) is 6. The van der Waals surface area contributed by atoms with Crippen molar-refractivity contribution in [1.29, 1.82) is 0 Å². The van der Waals surface area contributed by atoms with Crippen molar-refractivity contribution < 1.29 is 14.1 Å². The molecule has 0 N–H and O–H groups in total. The van der Waals surface area contributed by atoms with Crippen LogP contribution in [0.25, 0.3) is 0 Å². The maximum Gasteiger partial charge on any atom is 0.284 e. The zero-order valence-electron chi connectivity index (χ0n) is 15.4. The molecule has 0 saturated heterocycles. The number of nitro groups is 1. The second-order valence-corrected chi connectivity index (χ2v) is 7.54. The Hall–Kier alpha value is -2.98. The van der Waals surface area contributed by atoms with Gasteiger partial charge in [-0.25, -0.2) is 4.39 Å². The molecule has 29 heavy (non-hydrogen) atoms. The van der Waals surface area contributed by atoms with Crippen molar-refractivity contribution in [3.8, 4) is 0 Å². The van der Waals surface area contributed by atoms with Crippen molar-refractivity contribution in [2.24, 2.45) is 7.05 Å². The molecular formula is C18H15ClFN5O3S. The van der Waals surface area contributed by atoms with Gasteiger partial charge in [-0.05, 0) is 36.0 Å². The maximum absolute atomic E-state index is 14.0. The molecule has 0 bridgehead atoms. The number of aromatic nitrogens is 3. The van der Waals surface area contributed by atoms with Crippen molar-refractivity contribution in [2.45, 2.75) is 16.6 Å². The summed E-state index contributed by atoms with van der Waals surface area (Å²) in [6.45, 7) is -0.0758. The number of carbonyl (C=O) groups excluding carboxylic acids is 1. The fourth-order valence-electron chi connectivity index (χ4n) is 2.56. The summed E-state index contributed by atoms with van der Waals surface area (Å²) in [5, 5.41) is 19.8. The Morgan fingerprint density at radius 1 is 1.38 bits per heavy atom. The lowest BCUT2D eigenvalue weighted by molar-refractivity contribution is -0.387. The summed E-state index contributed by atoms with van der Waals surface area (Å²) >= 11 is 7.08. The predicted octanol–water partition coefficient (Wildman–Crippen LogP) is 3.94. The molecule has 1 heterocycles. The Morgan fingerprint density at radius 2 is 2.14 bits per heavy atom. The highest BCUT2D eigenvalue weighted by Gasteiger charge is 2.22. The number of benzene rings is 2. The molecule has 0 saturated carbocycles. The molecule has 0 spiro atoms. The van der Waals surface area contributed by atoms with Gasteiger partial charge in [0.2, 0.25) is 0 Å². The summed E-state index contributed by atoms with van der Waals surface area (Å²) in [6, 6.07) is 8.41. The number of amides is 1. The van der Waals surface area contributed by atoms with E-state index in [1.807, 2.05) is 0 Å². The second kappa shape index (κ2) is 8.58. The van der Waals surface area contributed by atoms with E-state index in [2.05, 4.69) is 10.2 Å². The van der Waals surface area contributed by atoms with Crippen LogP contribution in [-0.2, 0) is 13.6 Å². The maximum atomic E-state index is 14.0. The molecule has 1 amide bonds. The highest BCUT2D eigenvalue weighted by atomic mass is 35.5. The molecular weight excluding hydrogens is 421 g/mol. The van der Waals surface area contributed by atoms with E-state index < -0.39 is 16.6 Å². The van der Waals surface area contributed by atoms with Crippen LogP contribution in [0.15, 0.2) is 52.8 Å². The van der Waals surface area contributed by atoms with Gasteiger partial charge in [0.05, 0.1) is 9.82 Å².